The van der Waals surface area contributed by atoms with Gasteiger partial charge in [-0.25, -0.2) is 9.18 Å². The molecule has 0 bridgehead atoms. The topological polar surface area (TPSA) is 70.2 Å². The number of nitrogens with zero attached hydrogens (tertiary/aromatic N) is 3. The van der Waals surface area contributed by atoms with Crippen molar-refractivity contribution in [3.63, 3.8) is 0 Å². The summed E-state index contributed by atoms with van der Waals surface area (Å²) in [6.45, 7) is 7.53. The lowest BCUT2D eigenvalue weighted by Crippen LogP contribution is -2.55. The second-order valence-electron chi connectivity index (χ2n) is 8.46. The summed E-state index contributed by atoms with van der Waals surface area (Å²) in [6.07, 6.45) is 0.921. The van der Waals surface area contributed by atoms with Crippen molar-refractivity contribution in [1.82, 2.24) is 14.7 Å². The third-order valence-corrected chi connectivity index (χ3v) is 5.14. The third-order valence-electron chi connectivity index (χ3n) is 5.14. The normalized spacial score (nSPS) is 20.0. The Balaban J connectivity index is 1.57. The fourth-order valence-corrected chi connectivity index (χ4v) is 3.68. The molecule has 1 atom stereocenters. The smallest absolute Gasteiger partial charge is 0.410 e. The minimum atomic E-state index is -0.611. The monoisotopic (exact) mass is 405 g/mol. The quantitative estimate of drug-likeness (QED) is 0.758. The number of hydrogen-bond acceptors (Lipinski definition) is 4. The molecular weight excluding hydrogens is 377 g/mol. The van der Waals surface area contributed by atoms with Crippen LogP contribution in [0.4, 0.5) is 9.18 Å². The van der Waals surface area contributed by atoms with E-state index in [0.29, 0.717) is 44.7 Å². The second kappa shape index (κ2) is 8.39. The van der Waals surface area contributed by atoms with Crippen molar-refractivity contribution >= 4 is 17.9 Å². The lowest BCUT2D eigenvalue weighted by atomic mass is 10.1. The van der Waals surface area contributed by atoms with Gasteiger partial charge in [0.05, 0.1) is 0 Å². The highest BCUT2D eigenvalue weighted by Crippen LogP contribution is 2.23. The first-order valence-electron chi connectivity index (χ1n) is 9.99. The molecule has 2 aliphatic heterocycles. The fourth-order valence-electron chi connectivity index (χ4n) is 3.68. The molecule has 0 spiro atoms. The van der Waals surface area contributed by atoms with Crippen LogP contribution in [0.5, 0.6) is 0 Å². The number of hydrogen-bond donors (Lipinski definition) is 0. The molecule has 0 aromatic heterocycles. The van der Waals surface area contributed by atoms with E-state index in [2.05, 4.69) is 0 Å². The van der Waals surface area contributed by atoms with Crippen LogP contribution in [-0.2, 0) is 9.53 Å². The van der Waals surface area contributed by atoms with Crippen LogP contribution in [0.25, 0.3) is 0 Å². The van der Waals surface area contributed by atoms with E-state index in [1.807, 2.05) is 0 Å². The van der Waals surface area contributed by atoms with Gasteiger partial charge < -0.3 is 14.5 Å². The maximum absolute atomic E-state index is 13.1. The van der Waals surface area contributed by atoms with Gasteiger partial charge in [0.1, 0.15) is 17.5 Å². The van der Waals surface area contributed by atoms with E-state index in [1.165, 1.54) is 29.2 Å². The summed E-state index contributed by atoms with van der Waals surface area (Å²) in [7, 11) is 0. The number of carbonyl (C=O) groups is 3. The SMILES string of the molecule is CC(C)(C)OC(=O)N1CCC[C@H]1C(=O)N1CCN(C(=O)c2ccc(F)cc2)CC1. The standard InChI is InChI=1S/C21H28FN3O4/c1-21(2,3)29-20(28)25-10-4-5-17(25)19(27)24-13-11-23(12-14-24)18(26)15-6-8-16(22)9-7-15/h6-9,17H,4-5,10-14H2,1-3H3/t17-/m0/s1. The molecular formula is C21H28FN3O4. The Morgan fingerprint density at radius 2 is 1.55 bits per heavy atom. The molecule has 1 aromatic rings. The van der Waals surface area contributed by atoms with Gasteiger partial charge in [-0.2, -0.15) is 0 Å². The van der Waals surface area contributed by atoms with Crippen LogP contribution in [0.15, 0.2) is 24.3 Å². The van der Waals surface area contributed by atoms with Gasteiger partial charge in [0.15, 0.2) is 0 Å². The molecule has 8 heteroatoms. The first-order valence-corrected chi connectivity index (χ1v) is 9.99. The first kappa shape index (κ1) is 21.1. The van der Waals surface area contributed by atoms with Crippen LogP contribution in [0.2, 0.25) is 0 Å². The van der Waals surface area contributed by atoms with Crippen LogP contribution in [-0.4, -0.2) is 77.0 Å². The molecule has 0 N–H and O–H groups in total. The lowest BCUT2D eigenvalue weighted by molar-refractivity contribution is -0.137. The van der Waals surface area contributed by atoms with Gasteiger partial charge >= 0.3 is 6.09 Å². The highest BCUT2D eigenvalue weighted by molar-refractivity contribution is 5.94. The van der Waals surface area contributed by atoms with Crippen molar-refractivity contribution in [2.45, 2.75) is 45.3 Å². The van der Waals surface area contributed by atoms with Crippen LogP contribution >= 0.6 is 0 Å². The van der Waals surface area contributed by atoms with E-state index >= 15 is 0 Å². The molecule has 2 aliphatic rings. The molecule has 2 fully saturated rings. The number of amides is 3. The zero-order valence-corrected chi connectivity index (χ0v) is 17.2. The van der Waals surface area contributed by atoms with Gasteiger partial charge in [-0.1, -0.05) is 0 Å². The van der Waals surface area contributed by atoms with Gasteiger partial charge in [0, 0.05) is 38.3 Å². The van der Waals surface area contributed by atoms with Crippen molar-refractivity contribution in [3.05, 3.63) is 35.6 Å². The number of ether oxygens (including phenoxy) is 1. The molecule has 7 nitrogen and oxygen atoms in total. The highest BCUT2D eigenvalue weighted by atomic mass is 19.1. The Hall–Kier alpha value is -2.64. The number of rotatable bonds is 2. The van der Waals surface area contributed by atoms with Gasteiger partial charge in [-0.15, -0.1) is 0 Å². The maximum atomic E-state index is 13.1. The third kappa shape index (κ3) is 5.05. The van der Waals surface area contributed by atoms with Crippen LogP contribution in [0, 0.1) is 5.82 Å². The Labute approximate surface area is 170 Å². The maximum Gasteiger partial charge on any atom is 0.410 e. The molecule has 0 aliphatic carbocycles. The Kier molecular flexibility index (Phi) is 6.10. The number of carbonyl (C=O) groups excluding carboxylic acids is 3. The van der Waals surface area contributed by atoms with Crippen LogP contribution < -0.4 is 0 Å². The summed E-state index contributed by atoms with van der Waals surface area (Å²) in [5.74, 6) is -0.654. The number of halogens is 1. The van der Waals surface area contributed by atoms with E-state index in [-0.39, 0.29) is 17.6 Å². The minimum Gasteiger partial charge on any atom is -0.444 e. The van der Waals surface area contributed by atoms with E-state index < -0.39 is 17.7 Å². The summed E-state index contributed by atoms with van der Waals surface area (Å²) in [4.78, 5) is 42.9. The fraction of sp³-hybridized carbons (Fsp3) is 0.571. The summed E-state index contributed by atoms with van der Waals surface area (Å²) in [6, 6.07) is 4.94. The molecule has 0 unspecified atom stereocenters. The van der Waals surface area contributed by atoms with Gasteiger partial charge in [0.25, 0.3) is 5.91 Å². The van der Waals surface area contributed by atoms with Crippen molar-refractivity contribution in [3.8, 4) is 0 Å². The van der Waals surface area contributed by atoms with E-state index in [4.69, 9.17) is 4.74 Å². The molecule has 0 radical (unpaired) electrons. The number of benzene rings is 1. The molecule has 1 aromatic carbocycles. The Morgan fingerprint density at radius 3 is 2.14 bits per heavy atom. The van der Waals surface area contributed by atoms with Crippen LogP contribution in [0.1, 0.15) is 44.0 Å². The first-order chi connectivity index (χ1) is 13.7. The zero-order chi connectivity index (χ0) is 21.2. The van der Waals surface area contributed by atoms with Gasteiger partial charge in [-0.3, -0.25) is 14.5 Å². The zero-order valence-electron chi connectivity index (χ0n) is 17.2. The van der Waals surface area contributed by atoms with Crippen molar-refractivity contribution in [2.24, 2.45) is 0 Å². The molecule has 29 heavy (non-hydrogen) atoms. The summed E-state index contributed by atoms with van der Waals surface area (Å²) in [5, 5.41) is 0. The van der Waals surface area contributed by atoms with Crippen molar-refractivity contribution < 1.29 is 23.5 Å². The molecule has 0 saturated carbocycles. The van der Waals surface area contributed by atoms with Gasteiger partial charge in [0.2, 0.25) is 5.91 Å². The predicted octanol–water partition coefficient (Wildman–Crippen LogP) is 2.51. The minimum absolute atomic E-state index is 0.0951. The molecule has 158 valence electrons. The Bertz CT molecular complexity index is 767. The van der Waals surface area contributed by atoms with E-state index in [1.54, 1.807) is 30.6 Å². The highest BCUT2D eigenvalue weighted by Gasteiger charge is 2.39. The largest absolute Gasteiger partial charge is 0.444 e. The summed E-state index contributed by atoms with van der Waals surface area (Å²) < 4.78 is 18.5. The summed E-state index contributed by atoms with van der Waals surface area (Å²) in [5.41, 5.74) is -0.183. The molecule has 2 saturated heterocycles. The molecule has 3 rings (SSSR count). The lowest BCUT2D eigenvalue weighted by Gasteiger charge is -2.37. The molecule has 3 amide bonds. The Morgan fingerprint density at radius 1 is 0.966 bits per heavy atom. The predicted molar refractivity (Wildman–Crippen MR) is 105 cm³/mol. The average Bonchev–Trinajstić information content (AvgIpc) is 3.16. The second-order valence-corrected chi connectivity index (χ2v) is 8.46. The average molecular weight is 405 g/mol. The van der Waals surface area contributed by atoms with Crippen LogP contribution in [0.3, 0.4) is 0 Å². The van der Waals surface area contributed by atoms with Gasteiger partial charge in [-0.05, 0) is 57.9 Å². The van der Waals surface area contributed by atoms with Crippen molar-refractivity contribution in [2.75, 3.05) is 32.7 Å². The van der Waals surface area contributed by atoms with Crippen molar-refractivity contribution in [1.29, 1.82) is 0 Å². The number of piperazine rings is 1. The number of likely N-dealkylation sites (tertiary alicyclic amines) is 1. The van der Waals surface area contributed by atoms with E-state index in [0.717, 1.165) is 6.42 Å². The van der Waals surface area contributed by atoms with E-state index in [9.17, 15) is 18.8 Å². The summed E-state index contributed by atoms with van der Waals surface area (Å²) >= 11 is 0. The molecule has 2 heterocycles.